The van der Waals surface area contributed by atoms with Crippen molar-refractivity contribution in [3.05, 3.63) is 0 Å². The largest absolute Gasteiger partial charge is 0.469 e. The lowest BCUT2D eigenvalue weighted by molar-refractivity contribution is -0.140. The van der Waals surface area contributed by atoms with Crippen LogP contribution in [-0.4, -0.2) is 25.3 Å². The van der Waals surface area contributed by atoms with Gasteiger partial charge in [-0.2, -0.15) is 0 Å². The highest BCUT2D eigenvalue weighted by Crippen LogP contribution is 2.37. The van der Waals surface area contributed by atoms with Crippen LogP contribution in [0.25, 0.3) is 0 Å². The second-order valence-electron chi connectivity index (χ2n) is 6.96. The minimum absolute atomic E-state index is 0.0866. The summed E-state index contributed by atoms with van der Waals surface area (Å²) in [6, 6.07) is 0. The predicted molar refractivity (Wildman–Crippen MR) is 90.8 cm³/mol. The van der Waals surface area contributed by atoms with E-state index < -0.39 is 0 Å². The molecule has 1 rings (SSSR count). The van der Waals surface area contributed by atoms with E-state index in [-0.39, 0.29) is 5.97 Å². The molecule has 0 bridgehead atoms. The Balaban J connectivity index is 2.13. The van der Waals surface area contributed by atoms with Gasteiger partial charge >= 0.3 is 5.97 Å². The quantitative estimate of drug-likeness (QED) is 0.392. The Morgan fingerprint density at radius 2 is 1.45 bits per heavy atom. The molecule has 0 aromatic heterocycles. The van der Waals surface area contributed by atoms with Gasteiger partial charge in [-0.1, -0.05) is 59.3 Å². The van der Waals surface area contributed by atoms with E-state index in [2.05, 4.69) is 25.5 Å². The molecule has 0 spiro atoms. The first kappa shape index (κ1) is 19.5. The lowest BCUT2D eigenvalue weighted by Gasteiger charge is -2.15. The Labute approximate surface area is 137 Å². The number of ether oxygens (including phenoxy) is 2. The molecule has 3 heteroatoms. The van der Waals surface area contributed by atoms with Gasteiger partial charge in [0.25, 0.3) is 0 Å². The zero-order valence-electron chi connectivity index (χ0n) is 15.1. The minimum Gasteiger partial charge on any atom is -0.469 e. The average Bonchev–Trinajstić information content (AvgIpc) is 2.79. The molecule has 1 aliphatic heterocycles. The number of rotatable bonds is 11. The molecule has 4 atom stereocenters. The number of hydrogen-bond donors (Lipinski definition) is 0. The van der Waals surface area contributed by atoms with Crippen LogP contribution < -0.4 is 0 Å². The van der Waals surface area contributed by atoms with Crippen molar-refractivity contribution in [1.82, 2.24) is 0 Å². The molecule has 1 heterocycles. The van der Waals surface area contributed by atoms with Crippen LogP contribution in [0.3, 0.4) is 0 Å². The molecule has 0 aromatic carbocycles. The first-order valence-electron chi connectivity index (χ1n) is 9.32. The summed E-state index contributed by atoms with van der Waals surface area (Å²) in [5.74, 6) is 1.29. The molecule has 0 aliphatic carbocycles. The Morgan fingerprint density at radius 1 is 0.909 bits per heavy atom. The van der Waals surface area contributed by atoms with Crippen molar-refractivity contribution in [2.24, 2.45) is 11.8 Å². The third-order valence-corrected chi connectivity index (χ3v) is 5.29. The topological polar surface area (TPSA) is 35.5 Å². The van der Waals surface area contributed by atoms with Gasteiger partial charge < -0.3 is 9.47 Å². The van der Waals surface area contributed by atoms with Crippen molar-refractivity contribution in [3.8, 4) is 0 Å². The van der Waals surface area contributed by atoms with Gasteiger partial charge in [0.05, 0.1) is 19.3 Å². The summed E-state index contributed by atoms with van der Waals surface area (Å²) in [6.45, 7) is 6.97. The van der Waals surface area contributed by atoms with E-state index in [0.717, 1.165) is 12.8 Å². The molecular formula is C19H36O3. The Morgan fingerprint density at radius 3 is 2.00 bits per heavy atom. The molecule has 0 unspecified atom stereocenters. The summed E-state index contributed by atoms with van der Waals surface area (Å²) in [5.41, 5.74) is 0. The fraction of sp³-hybridized carbons (Fsp3) is 0.947. The molecule has 0 aromatic rings. The zero-order valence-corrected chi connectivity index (χ0v) is 15.1. The predicted octanol–water partition coefficient (Wildman–Crippen LogP) is 5.12. The van der Waals surface area contributed by atoms with Gasteiger partial charge in [-0.05, 0) is 31.1 Å². The Hall–Kier alpha value is -0.570. The van der Waals surface area contributed by atoms with Crippen LogP contribution in [0.5, 0.6) is 0 Å². The first-order chi connectivity index (χ1) is 10.6. The highest BCUT2D eigenvalue weighted by atomic mass is 16.5. The summed E-state index contributed by atoms with van der Waals surface area (Å²) < 4.78 is 11.0. The molecule has 1 saturated heterocycles. The fourth-order valence-corrected chi connectivity index (χ4v) is 3.48. The molecule has 0 N–H and O–H groups in total. The van der Waals surface area contributed by atoms with Crippen LogP contribution in [0.4, 0.5) is 0 Å². The second kappa shape index (κ2) is 11.0. The van der Waals surface area contributed by atoms with Crippen molar-refractivity contribution >= 4 is 5.97 Å². The van der Waals surface area contributed by atoms with E-state index in [4.69, 9.17) is 4.74 Å². The van der Waals surface area contributed by atoms with Crippen LogP contribution in [0.2, 0.25) is 0 Å². The van der Waals surface area contributed by atoms with Gasteiger partial charge in [-0.15, -0.1) is 0 Å². The minimum atomic E-state index is -0.0866. The van der Waals surface area contributed by atoms with Gasteiger partial charge in [0.15, 0.2) is 0 Å². The van der Waals surface area contributed by atoms with Crippen LogP contribution in [0.15, 0.2) is 0 Å². The molecule has 130 valence electrons. The molecule has 3 nitrogen and oxygen atoms in total. The van der Waals surface area contributed by atoms with E-state index in [1.54, 1.807) is 0 Å². The first-order valence-corrected chi connectivity index (χ1v) is 9.32. The van der Waals surface area contributed by atoms with Gasteiger partial charge in [0, 0.05) is 6.42 Å². The molecular weight excluding hydrogens is 276 g/mol. The third kappa shape index (κ3) is 6.68. The maximum absolute atomic E-state index is 11.0. The smallest absolute Gasteiger partial charge is 0.305 e. The van der Waals surface area contributed by atoms with Crippen molar-refractivity contribution in [2.75, 3.05) is 7.11 Å². The number of hydrogen-bond acceptors (Lipinski definition) is 3. The van der Waals surface area contributed by atoms with Crippen molar-refractivity contribution in [3.63, 3.8) is 0 Å². The van der Waals surface area contributed by atoms with Gasteiger partial charge in [0.2, 0.25) is 0 Å². The highest BCUT2D eigenvalue weighted by molar-refractivity contribution is 5.68. The molecule has 22 heavy (non-hydrogen) atoms. The molecule has 1 fully saturated rings. The highest BCUT2D eigenvalue weighted by Gasteiger charge is 2.37. The van der Waals surface area contributed by atoms with Gasteiger partial charge in [-0.3, -0.25) is 4.79 Å². The van der Waals surface area contributed by atoms with Crippen LogP contribution in [0.1, 0.15) is 85.0 Å². The second-order valence-corrected chi connectivity index (χ2v) is 6.96. The number of methoxy groups -OCH3 is 1. The summed E-state index contributed by atoms with van der Waals surface area (Å²) in [6.07, 6.45) is 12.3. The monoisotopic (exact) mass is 312 g/mol. The van der Waals surface area contributed by atoms with Crippen molar-refractivity contribution in [1.29, 1.82) is 0 Å². The normalized spacial score (nSPS) is 28.0. The molecule has 0 saturated carbocycles. The summed E-state index contributed by atoms with van der Waals surface area (Å²) in [5, 5.41) is 0. The third-order valence-electron chi connectivity index (χ3n) is 5.29. The Kier molecular flexibility index (Phi) is 9.77. The number of carbonyl (C=O) groups excluding carboxylic acids is 1. The van der Waals surface area contributed by atoms with Crippen LogP contribution >= 0.6 is 0 Å². The maximum Gasteiger partial charge on any atom is 0.305 e. The number of carbonyl (C=O) groups is 1. The van der Waals surface area contributed by atoms with Gasteiger partial charge in [0.1, 0.15) is 0 Å². The summed E-state index contributed by atoms with van der Waals surface area (Å²) in [7, 11) is 1.46. The fourth-order valence-electron chi connectivity index (χ4n) is 3.48. The molecule has 0 radical (unpaired) electrons. The zero-order chi connectivity index (χ0) is 16.4. The van der Waals surface area contributed by atoms with E-state index in [1.807, 2.05) is 0 Å². The lowest BCUT2D eigenvalue weighted by atomic mass is 9.87. The standard InChI is InChI=1S/C19H36O3/c1-5-6-9-12-17-15(2)16(3)18(22-17)13-10-7-8-11-14-19(20)21-4/h15-18H,5-14H2,1-4H3/t15-,16-,17+,18+/m0/s1. The van der Waals surface area contributed by atoms with E-state index in [1.165, 1.54) is 52.1 Å². The van der Waals surface area contributed by atoms with Crippen molar-refractivity contribution < 1.29 is 14.3 Å². The van der Waals surface area contributed by atoms with Crippen LogP contribution in [-0.2, 0) is 14.3 Å². The lowest BCUT2D eigenvalue weighted by Crippen LogP contribution is -2.16. The summed E-state index contributed by atoms with van der Waals surface area (Å²) >= 11 is 0. The van der Waals surface area contributed by atoms with Crippen molar-refractivity contribution in [2.45, 2.75) is 97.2 Å². The van der Waals surface area contributed by atoms with E-state index in [9.17, 15) is 4.79 Å². The number of esters is 1. The molecule has 1 aliphatic rings. The van der Waals surface area contributed by atoms with E-state index in [0.29, 0.717) is 30.5 Å². The number of unbranched alkanes of at least 4 members (excludes halogenated alkanes) is 5. The Bertz CT molecular complexity index is 303. The summed E-state index contributed by atoms with van der Waals surface area (Å²) in [4.78, 5) is 11.0. The van der Waals surface area contributed by atoms with Crippen LogP contribution in [0, 0.1) is 11.8 Å². The SMILES string of the molecule is CCCCC[C@H]1O[C@H](CCCCCCC(=O)OC)[C@@H](C)[C@@H]1C. The maximum atomic E-state index is 11.0. The average molecular weight is 312 g/mol. The van der Waals surface area contributed by atoms with E-state index >= 15 is 0 Å². The van der Waals surface area contributed by atoms with Gasteiger partial charge in [-0.25, -0.2) is 0 Å². The molecule has 0 amide bonds.